The minimum Gasteiger partial charge on any atom is -0.480 e. The highest BCUT2D eigenvalue weighted by Gasteiger charge is 2.29. The molecule has 0 amide bonds. The molecule has 4 N–H and O–H groups in total. The van der Waals surface area contributed by atoms with Gasteiger partial charge in [-0.1, -0.05) is 29.3 Å². The number of hydrogen-bond donors (Lipinski definition) is 4. The monoisotopic (exact) mass is 658 g/mol. The van der Waals surface area contributed by atoms with Gasteiger partial charge in [0.15, 0.2) is 5.75 Å². The van der Waals surface area contributed by atoms with E-state index in [1.54, 1.807) is 37.8 Å². The summed E-state index contributed by atoms with van der Waals surface area (Å²) in [5, 5.41) is 39.3. The summed E-state index contributed by atoms with van der Waals surface area (Å²) in [7, 11) is 0. The predicted octanol–water partition coefficient (Wildman–Crippen LogP) is 2.52. The fourth-order valence-corrected chi connectivity index (χ4v) is 5.75. The van der Waals surface area contributed by atoms with Crippen LogP contribution in [-0.2, 0) is 19.2 Å². The molecule has 0 bridgehead atoms. The van der Waals surface area contributed by atoms with Gasteiger partial charge in [0, 0.05) is 58.8 Å². The lowest BCUT2D eigenvalue weighted by Crippen LogP contribution is -2.51. The number of carbonyl (C=O) groups is 4. The molecule has 13 nitrogen and oxygen atoms in total. The van der Waals surface area contributed by atoms with Crippen molar-refractivity contribution in [3.63, 3.8) is 0 Å². The number of carboxylic acid groups (broad SMARTS) is 4. The van der Waals surface area contributed by atoms with Gasteiger partial charge in [0.2, 0.25) is 0 Å². The van der Waals surface area contributed by atoms with Crippen LogP contribution in [0.4, 0.5) is 0 Å². The smallest absolute Gasteiger partial charge is 0.320 e. The highest BCUT2D eigenvalue weighted by molar-refractivity contribution is 6.37. The van der Waals surface area contributed by atoms with E-state index in [0.717, 1.165) is 24.8 Å². The first kappa shape index (κ1) is 35.5. The fourth-order valence-electron chi connectivity index (χ4n) is 5.28. The van der Waals surface area contributed by atoms with Gasteiger partial charge in [-0.25, -0.2) is 0 Å². The van der Waals surface area contributed by atoms with E-state index in [1.807, 2.05) is 0 Å². The van der Waals surface area contributed by atoms with Crippen LogP contribution in [0.25, 0.3) is 0 Å². The number of rotatable bonds is 13. The number of halogens is 2. The second-order valence-electron chi connectivity index (χ2n) is 11.0. The van der Waals surface area contributed by atoms with Crippen LogP contribution in [0.1, 0.15) is 32.1 Å². The number of benzene rings is 1. The van der Waals surface area contributed by atoms with E-state index < -0.39 is 29.9 Å². The van der Waals surface area contributed by atoms with Crippen molar-refractivity contribution in [3.05, 3.63) is 39.6 Å². The summed E-state index contributed by atoms with van der Waals surface area (Å²) in [4.78, 5) is 53.9. The largest absolute Gasteiger partial charge is 0.480 e. The van der Waals surface area contributed by atoms with Gasteiger partial charge in [-0.2, -0.15) is 0 Å². The summed E-state index contributed by atoms with van der Waals surface area (Å²) in [5.41, 5.74) is 1.07. The Morgan fingerprint density at radius 3 is 1.52 bits per heavy atom. The molecular formula is C29H40Cl2N4O9. The van der Waals surface area contributed by atoms with E-state index in [-0.39, 0.29) is 78.4 Å². The molecule has 1 aliphatic carbocycles. The zero-order valence-corrected chi connectivity index (χ0v) is 26.0. The number of hydrogen-bond acceptors (Lipinski definition) is 9. The lowest BCUT2D eigenvalue weighted by atomic mass is 9.89. The maximum atomic E-state index is 12.7. The van der Waals surface area contributed by atoms with E-state index in [2.05, 4.69) is 0 Å². The van der Waals surface area contributed by atoms with E-state index in [0.29, 0.717) is 28.0 Å². The number of allylic oxidation sites excluding steroid dienone is 2. The maximum Gasteiger partial charge on any atom is 0.320 e. The summed E-state index contributed by atoms with van der Waals surface area (Å²) in [5.74, 6) is -3.27. The van der Waals surface area contributed by atoms with E-state index >= 15 is 0 Å². The maximum absolute atomic E-state index is 12.7. The Morgan fingerprint density at radius 1 is 0.727 bits per heavy atom. The Balaban J connectivity index is 1.82. The highest BCUT2D eigenvalue weighted by Crippen LogP contribution is 2.38. The zero-order valence-electron chi connectivity index (χ0n) is 24.5. The van der Waals surface area contributed by atoms with E-state index in [4.69, 9.17) is 27.9 Å². The standard InChI is InChI=1S/C29H40Cl2N4O9/c30-21-5-2-6-22(31)28(21)44-24(20-3-1-4-20)8-7-23(29(42)43)35-15-13-33(18-26(38)39)11-9-32(17-25(36)37)10-12-34(14-16-35)19-27(40)41/h2,5-6,23H,1,3-4,7-19H2,(H,36,37)(H,38,39)(H,40,41)(H,42,43). The first-order valence-electron chi connectivity index (χ1n) is 14.5. The second-order valence-corrected chi connectivity index (χ2v) is 11.8. The third-order valence-electron chi connectivity index (χ3n) is 7.81. The van der Waals surface area contributed by atoms with Crippen molar-refractivity contribution in [2.24, 2.45) is 0 Å². The molecule has 2 aliphatic rings. The first-order valence-corrected chi connectivity index (χ1v) is 15.3. The molecule has 3 rings (SSSR count). The molecule has 0 aromatic heterocycles. The van der Waals surface area contributed by atoms with Gasteiger partial charge in [0.25, 0.3) is 0 Å². The van der Waals surface area contributed by atoms with Crippen molar-refractivity contribution in [3.8, 4) is 5.75 Å². The van der Waals surface area contributed by atoms with Crippen molar-refractivity contribution in [2.45, 2.75) is 38.1 Å². The van der Waals surface area contributed by atoms with Crippen LogP contribution in [0.3, 0.4) is 0 Å². The molecule has 1 aliphatic heterocycles. The van der Waals surface area contributed by atoms with Crippen LogP contribution in [0.15, 0.2) is 29.5 Å². The molecule has 1 aromatic carbocycles. The summed E-state index contributed by atoms with van der Waals surface area (Å²) in [6.07, 6.45) is 3.13. The Kier molecular flexibility index (Phi) is 14.2. The minimum absolute atomic E-state index is 0.181. The number of nitrogens with zero attached hydrogens (tertiary/aromatic N) is 4. The van der Waals surface area contributed by atoms with E-state index in [1.165, 1.54) is 0 Å². The topological polar surface area (TPSA) is 171 Å². The van der Waals surface area contributed by atoms with Gasteiger partial charge in [0.1, 0.15) is 11.8 Å². The van der Waals surface area contributed by atoms with Crippen molar-refractivity contribution in [2.75, 3.05) is 72.0 Å². The Hall–Kier alpha value is -2.94. The van der Waals surface area contributed by atoms with Gasteiger partial charge >= 0.3 is 23.9 Å². The average molecular weight is 660 g/mol. The number of para-hydroxylation sites is 1. The number of carboxylic acids is 4. The third kappa shape index (κ3) is 11.5. The summed E-state index contributed by atoms with van der Waals surface area (Å²) in [6, 6.07) is 4.06. The minimum atomic E-state index is -1.06. The number of ether oxygens (including phenoxy) is 1. The molecule has 1 heterocycles. The molecule has 1 saturated carbocycles. The molecule has 1 aromatic rings. The highest BCUT2D eigenvalue weighted by atomic mass is 35.5. The normalized spacial score (nSPS) is 18.8. The van der Waals surface area contributed by atoms with Gasteiger partial charge in [-0.3, -0.25) is 38.8 Å². The van der Waals surface area contributed by atoms with E-state index in [9.17, 15) is 39.6 Å². The lowest BCUT2D eigenvalue weighted by molar-refractivity contribution is -0.145. The van der Waals surface area contributed by atoms with Crippen molar-refractivity contribution < 1.29 is 44.3 Å². The second kappa shape index (κ2) is 17.5. The molecule has 15 heteroatoms. The average Bonchev–Trinajstić information content (AvgIpc) is 2.89. The molecule has 2 fully saturated rings. The molecule has 244 valence electrons. The van der Waals surface area contributed by atoms with Crippen LogP contribution in [0, 0.1) is 0 Å². The molecule has 1 saturated heterocycles. The predicted molar refractivity (Wildman–Crippen MR) is 162 cm³/mol. The SMILES string of the molecule is O=C(O)CN1CCN(CC(=O)O)CCN(C(CCC(Oc2c(Cl)cccc2Cl)=C2CCC2)C(=O)O)CCN(CC(=O)O)CC1. The van der Waals surface area contributed by atoms with Crippen molar-refractivity contribution >= 4 is 47.1 Å². The Labute approximate surface area is 266 Å². The van der Waals surface area contributed by atoms with Crippen molar-refractivity contribution in [1.29, 1.82) is 0 Å². The molecule has 44 heavy (non-hydrogen) atoms. The number of aliphatic carboxylic acids is 4. The van der Waals surface area contributed by atoms with Gasteiger partial charge < -0.3 is 25.2 Å². The summed E-state index contributed by atoms with van der Waals surface area (Å²) >= 11 is 12.7. The molecule has 0 radical (unpaired) electrons. The van der Waals surface area contributed by atoms with Crippen LogP contribution in [0.2, 0.25) is 10.0 Å². The first-order chi connectivity index (χ1) is 20.9. The Bertz CT molecular complexity index is 1160. The lowest BCUT2D eigenvalue weighted by Gasteiger charge is -2.35. The quantitative estimate of drug-likeness (QED) is 0.228. The van der Waals surface area contributed by atoms with Crippen LogP contribution in [-0.4, -0.2) is 142 Å². The van der Waals surface area contributed by atoms with Gasteiger partial charge in [0.05, 0.1) is 29.7 Å². The fraction of sp³-hybridized carbons (Fsp3) is 0.586. The molecule has 1 atom stereocenters. The van der Waals surface area contributed by atoms with Crippen molar-refractivity contribution in [1.82, 2.24) is 19.6 Å². The molecule has 1 unspecified atom stereocenters. The third-order valence-corrected chi connectivity index (χ3v) is 8.41. The summed E-state index contributed by atoms with van der Waals surface area (Å²) in [6.45, 7) is 0.976. The Morgan fingerprint density at radius 2 is 1.16 bits per heavy atom. The van der Waals surface area contributed by atoms with Crippen LogP contribution in [0.5, 0.6) is 5.75 Å². The molecule has 0 spiro atoms. The van der Waals surface area contributed by atoms with Gasteiger partial charge in [-0.15, -0.1) is 0 Å². The molecular weight excluding hydrogens is 619 g/mol. The van der Waals surface area contributed by atoms with Crippen LogP contribution < -0.4 is 4.74 Å². The van der Waals surface area contributed by atoms with Gasteiger partial charge in [-0.05, 0) is 43.4 Å². The zero-order chi connectivity index (χ0) is 32.2. The summed E-state index contributed by atoms with van der Waals surface area (Å²) < 4.78 is 6.18. The van der Waals surface area contributed by atoms with Crippen LogP contribution >= 0.6 is 23.2 Å².